The third-order valence-corrected chi connectivity index (χ3v) is 2.99. The predicted molar refractivity (Wildman–Crippen MR) is 77.2 cm³/mol. The van der Waals surface area contributed by atoms with E-state index in [9.17, 15) is 9.90 Å². The summed E-state index contributed by atoms with van der Waals surface area (Å²) in [6.45, 7) is 1.56. The van der Waals surface area contributed by atoms with Crippen LogP contribution in [0, 0.1) is 0 Å². The highest BCUT2D eigenvalue weighted by Crippen LogP contribution is 2.18. The summed E-state index contributed by atoms with van der Waals surface area (Å²) in [7, 11) is 3.98. The second-order valence-electron chi connectivity index (χ2n) is 4.78. The highest BCUT2D eigenvalue weighted by atomic mass is 35.5. The summed E-state index contributed by atoms with van der Waals surface area (Å²) >= 11 is 5.77. The topological polar surface area (TPSA) is 52.6 Å². The van der Waals surface area contributed by atoms with Gasteiger partial charge >= 0.3 is 0 Å². The smallest absolute Gasteiger partial charge is 0.222 e. The first-order valence-electron chi connectivity index (χ1n) is 6.34. The third-order valence-electron chi connectivity index (χ3n) is 2.74. The van der Waals surface area contributed by atoms with Gasteiger partial charge in [-0.2, -0.15) is 0 Å². The van der Waals surface area contributed by atoms with Crippen molar-refractivity contribution in [2.45, 2.75) is 18.9 Å². The molecule has 0 radical (unpaired) electrons. The van der Waals surface area contributed by atoms with Gasteiger partial charge in [-0.25, -0.2) is 0 Å². The Balaban J connectivity index is 2.29. The van der Waals surface area contributed by atoms with Gasteiger partial charge in [-0.1, -0.05) is 23.7 Å². The van der Waals surface area contributed by atoms with E-state index in [0.29, 0.717) is 17.1 Å². The molecule has 0 aromatic heterocycles. The summed E-state index contributed by atoms with van der Waals surface area (Å²) in [5.41, 5.74) is 0.702. The van der Waals surface area contributed by atoms with Crippen LogP contribution in [0.5, 0.6) is 0 Å². The second-order valence-corrected chi connectivity index (χ2v) is 5.21. The number of rotatable bonds is 7. The summed E-state index contributed by atoms with van der Waals surface area (Å²) in [5.74, 6) is -0.138. The van der Waals surface area contributed by atoms with Crippen LogP contribution >= 0.6 is 11.6 Å². The Morgan fingerprint density at radius 3 is 2.58 bits per heavy atom. The summed E-state index contributed by atoms with van der Waals surface area (Å²) in [5, 5.41) is 13.3. The van der Waals surface area contributed by atoms with Crippen molar-refractivity contribution in [3.63, 3.8) is 0 Å². The van der Waals surface area contributed by atoms with Crippen LogP contribution in [0.4, 0.5) is 0 Å². The second kappa shape index (κ2) is 8.15. The summed E-state index contributed by atoms with van der Waals surface area (Å²) < 4.78 is 0. The fourth-order valence-corrected chi connectivity index (χ4v) is 1.80. The van der Waals surface area contributed by atoms with Crippen LogP contribution in [0.25, 0.3) is 0 Å². The molecule has 0 heterocycles. The van der Waals surface area contributed by atoms with Crippen molar-refractivity contribution in [1.82, 2.24) is 10.2 Å². The number of halogens is 1. The molecule has 0 fully saturated rings. The highest BCUT2D eigenvalue weighted by Gasteiger charge is 2.12. The monoisotopic (exact) mass is 284 g/mol. The zero-order valence-corrected chi connectivity index (χ0v) is 12.2. The van der Waals surface area contributed by atoms with E-state index in [4.69, 9.17) is 11.6 Å². The predicted octanol–water partition coefficient (Wildman–Crippen LogP) is 1.83. The van der Waals surface area contributed by atoms with Crippen LogP contribution in [0.3, 0.4) is 0 Å². The van der Waals surface area contributed by atoms with E-state index in [1.54, 1.807) is 24.3 Å². The zero-order chi connectivity index (χ0) is 14.3. The number of carbonyl (C=O) groups excluding carboxylic acids is 1. The molecule has 2 N–H and O–H groups in total. The molecule has 0 spiro atoms. The van der Waals surface area contributed by atoms with Crippen molar-refractivity contribution in [1.29, 1.82) is 0 Å². The largest absolute Gasteiger partial charge is 0.388 e. The molecule has 1 amide bonds. The van der Waals surface area contributed by atoms with Crippen LogP contribution in [-0.2, 0) is 4.79 Å². The summed E-state index contributed by atoms with van der Waals surface area (Å²) in [4.78, 5) is 13.7. The minimum absolute atomic E-state index is 0.0730. The standard InChI is InChI=1S/C14H21ClN2O2/c1-17(2)9-3-8-16-14(19)10-13(18)11-4-6-12(15)7-5-11/h4-7,13,18H,3,8-10H2,1-2H3,(H,16,19). The molecular formula is C14H21ClN2O2. The molecular weight excluding hydrogens is 264 g/mol. The van der Waals surface area contributed by atoms with Gasteiger partial charge in [0.15, 0.2) is 0 Å². The van der Waals surface area contributed by atoms with Gasteiger partial charge in [-0.05, 0) is 44.8 Å². The molecule has 0 saturated carbocycles. The molecule has 0 aliphatic heterocycles. The van der Waals surface area contributed by atoms with Crippen molar-refractivity contribution in [3.05, 3.63) is 34.9 Å². The van der Waals surface area contributed by atoms with Crippen molar-refractivity contribution in [2.24, 2.45) is 0 Å². The lowest BCUT2D eigenvalue weighted by Gasteiger charge is -2.12. The maximum Gasteiger partial charge on any atom is 0.222 e. The van der Waals surface area contributed by atoms with E-state index < -0.39 is 6.10 Å². The number of hydrogen-bond acceptors (Lipinski definition) is 3. The van der Waals surface area contributed by atoms with Crippen LogP contribution in [0.1, 0.15) is 24.5 Å². The van der Waals surface area contributed by atoms with Crippen molar-refractivity contribution < 1.29 is 9.90 Å². The Labute approximate surface area is 119 Å². The number of benzene rings is 1. The van der Waals surface area contributed by atoms with Gasteiger partial charge in [-0.3, -0.25) is 4.79 Å². The maximum atomic E-state index is 11.6. The van der Waals surface area contributed by atoms with Crippen molar-refractivity contribution in [2.75, 3.05) is 27.2 Å². The van der Waals surface area contributed by atoms with Gasteiger partial charge in [0.25, 0.3) is 0 Å². The lowest BCUT2D eigenvalue weighted by Crippen LogP contribution is -2.28. The van der Waals surface area contributed by atoms with Crippen molar-refractivity contribution in [3.8, 4) is 0 Å². The lowest BCUT2D eigenvalue weighted by atomic mass is 10.1. The molecule has 0 bridgehead atoms. The molecule has 19 heavy (non-hydrogen) atoms. The van der Waals surface area contributed by atoms with E-state index >= 15 is 0 Å². The third kappa shape index (κ3) is 6.57. The number of nitrogens with zero attached hydrogens (tertiary/aromatic N) is 1. The Morgan fingerprint density at radius 1 is 1.37 bits per heavy atom. The minimum Gasteiger partial charge on any atom is -0.388 e. The van der Waals surface area contributed by atoms with Gasteiger partial charge in [0.2, 0.25) is 5.91 Å². The Morgan fingerprint density at radius 2 is 2.00 bits per heavy atom. The number of carbonyl (C=O) groups is 1. The lowest BCUT2D eigenvalue weighted by molar-refractivity contribution is -0.123. The number of nitrogens with one attached hydrogen (secondary N) is 1. The molecule has 0 saturated heterocycles. The molecule has 4 nitrogen and oxygen atoms in total. The first-order valence-corrected chi connectivity index (χ1v) is 6.72. The molecule has 5 heteroatoms. The number of aliphatic hydroxyl groups is 1. The van der Waals surface area contributed by atoms with Gasteiger partial charge in [0, 0.05) is 11.6 Å². The average molecular weight is 285 g/mol. The van der Waals surface area contributed by atoms with E-state index in [2.05, 4.69) is 10.2 Å². The Kier molecular flexibility index (Phi) is 6.84. The first-order chi connectivity index (χ1) is 8.99. The fraction of sp³-hybridized carbons (Fsp3) is 0.500. The number of hydrogen-bond donors (Lipinski definition) is 2. The number of aliphatic hydroxyl groups excluding tert-OH is 1. The van der Waals surface area contributed by atoms with Crippen LogP contribution in [-0.4, -0.2) is 43.1 Å². The van der Waals surface area contributed by atoms with Crippen LogP contribution < -0.4 is 5.32 Å². The van der Waals surface area contributed by atoms with E-state index in [1.165, 1.54) is 0 Å². The summed E-state index contributed by atoms with van der Waals surface area (Å²) in [6.07, 6.45) is 0.186. The van der Waals surface area contributed by atoms with Gasteiger partial charge in [-0.15, -0.1) is 0 Å². The zero-order valence-electron chi connectivity index (χ0n) is 11.4. The maximum absolute atomic E-state index is 11.6. The summed E-state index contributed by atoms with van der Waals surface area (Å²) in [6, 6.07) is 6.86. The molecule has 0 aliphatic rings. The molecule has 1 unspecified atom stereocenters. The molecule has 1 atom stereocenters. The SMILES string of the molecule is CN(C)CCCNC(=O)CC(O)c1ccc(Cl)cc1. The normalized spacial score (nSPS) is 12.5. The van der Waals surface area contributed by atoms with Crippen LogP contribution in [0.15, 0.2) is 24.3 Å². The first kappa shape index (κ1) is 16.0. The van der Waals surface area contributed by atoms with Gasteiger partial charge in [0.05, 0.1) is 12.5 Å². The fourth-order valence-electron chi connectivity index (χ4n) is 1.67. The van der Waals surface area contributed by atoms with Gasteiger partial charge in [0.1, 0.15) is 0 Å². The van der Waals surface area contributed by atoms with E-state index in [-0.39, 0.29) is 12.3 Å². The Hall–Kier alpha value is -1.10. The molecule has 0 aliphatic carbocycles. The quantitative estimate of drug-likeness (QED) is 0.751. The van der Waals surface area contributed by atoms with E-state index in [0.717, 1.165) is 13.0 Å². The van der Waals surface area contributed by atoms with Crippen LogP contribution in [0.2, 0.25) is 5.02 Å². The Bertz CT molecular complexity index is 393. The molecule has 1 aromatic rings. The number of amides is 1. The minimum atomic E-state index is -0.786. The van der Waals surface area contributed by atoms with Crippen molar-refractivity contribution >= 4 is 17.5 Å². The van der Waals surface area contributed by atoms with E-state index in [1.807, 2.05) is 14.1 Å². The average Bonchev–Trinajstić information content (AvgIpc) is 2.35. The molecule has 1 rings (SSSR count). The molecule has 106 valence electrons. The highest BCUT2D eigenvalue weighted by molar-refractivity contribution is 6.30. The van der Waals surface area contributed by atoms with Gasteiger partial charge < -0.3 is 15.3 Å². The molecule has 1 aromatic carbocycles.